The van der Waals surface area contributed by atoms with E-state index in [1.807, 2.05) is 0 Å². The number of rotatable bonds is 2. The van der Waals surface area contributed by atoms with Crippen molar-refractivity contribution in [2.24, 2.45) is 5.41 Å². The summed E-state index contributed by atoms with van der Waals surface area (Å²) in [4.78, 5) is 14.9. The summed E-state index contributed by atoms with van der Waals surface area (Å²) < 4.78 is 5.43. The predicted octanol–water partition coefficient (Wildman–Crippen LogP) is 4.08. The third-order valence-electron chi connectivity index (χ3n) is 6.32. The van der Waals surface area contributed by atoms with Crippen LogP contribution < -0.4 is 9.64 Å². The van der Waals surface area contributed by atoms with Gasteiger partial charge in [0.25, 0.3) is 0 Å². The molecule has 1 fully saturated rings. The average molecular weight is 311 g/mol. The average Bonchev–Trinajstić information content (AvgIpc) is 2.88. The van der Waals surface area contributed by atoms with E-state index in [2.05, 4.69) is 36.9 Å². The number of Topliss-reactive ketones (excluding diaryl/α,β-unsaturated/α-hetero) is 1. The molecule has 0 aromatic heterocycles. The number of hydrogen-bond acceptors (Lipinski definition) is 3. The third-order valence-corrected chi connectivity index (χ3v) is 6.32. The van der Waals surface area contributed by atoms with Gasteiger partial charge in [-0.15, -0.1) is 0 Å². The Morgan fingerprint density at radius 1 is 1.35 bits per heavy atom. The van der Waals surface area contributed by atoms with E-state index in [-0.39, 0.29) is 5.41 Å². The molecule has 3 nitrogen and oxygen atoms in total. The highest BCUT2D eigenvalue weighted by Gasteiger charge is 2.48. The van der Waals surface area contributed by atoms with Crippen molar-refractivity contribution < 1.29 is 9.53 Å². The van der Waals surface area contributed by atoms with Gasteiger partial charge < -0.3 is 9.64 Å². The van der Waals surface area contributed by atoms with Gasteiger partial charge in [-0.3, -0.25) is 4.79 Å². The maximum Gasteiger partial charge on any atom is 0.143 e. The van der Waals surface area contributed by atoms with Crippen LogP contribution in [0.1, 0.15) is 51.0 Å². The first-order chi connectivity index (χ1) is 11.1. The molecule has 0 unspecified atom stereocenters. The Morgan fingerprint density at radius 2 is 2.17 bits per heavy atom. The van der Waals surface area contributed by atoms with Crippen molar-refractivity contribution in [3.05, 3.63) is 34.9 Å². The second-order valence-corrected chi connectivity index (χ2v) is 7.29. The molecule has 0 spiro atoms. The second-order valence-electron chi connectivity index (χ2n) is 7.29. The predicted molar refractivity (Wildman–Crippen MR) is 92.2 cm³/mol. The first-order valence-electron chi connectivity index (χ1n) is 8.77. The van der Waals surface area contributed by atoms with Crippen molar-refractivity contribution in [2.75, 3.05) is 25.1 Å². The number of anilines is 1. The van der Waals surface area contributed by atoms with Crippen molar-refractivity contribution >= 4 is 11.5 Å². The molecular weight excluding hydrogens is 286 g/mol. The fourth-order valence-corrected chi connectivity index (χ4v) is 4.92. The van der Waals surface area contributed by atoms with Gasteiger partial charge in [-0.1, -0.05) is 11.6 Å². The number of likely N-dealkylation sites (N-methyl/N-ethyl adjacent to an activating group) is 1. The Morgan fingerprint density at radius 3 is 2.91 bits per heavy atom. The molecule has 1 saturated carbocycles. The summed E-state index contributed by atoms with van der Waals surface area (Å²) in [5, 5.41) is 0. The van der Waals surface area contributed by atoms with Crippen molar-refractivity contribution in [2.45, 2.75) is 45.4 Å². The van der Waals surface area contributed by atoms with Crippen molar-refractivity contribution in [3.63, 3.8) is 0 Å². The Balaban J connectivity index is 1.86. The van der Waals surface area contributed by atoms with Crippen LogP contribution in [0.4, 0.5) is 5.69 Å². The van der Waals surface area contributed by atoms with Gasteiger partial charge in [-0.25, -0.2) is 0 Å². The van der Waals surface area contributed by atoms with Crippen molar-refractivity contribution in [1.29, 1.82) is 0 Å². The molecule has 2 aliphatic carbocycles. The first-order valence-corrected chi connectivity index (χ1v) is 8.77. The summed E-state index contributed by atoms with van der Waals surface area (Å²) in [6.07, 6.45) is 3.82. The number of fused-ring (bicyclic) bond motifs is 4. The molecular formula is C20H25NO2. The maximum atomic E-state index is 12.4. The lowest BCUT2D eigenvalue weighted by Crippen LogP contribution is -2.38. The zero-order valence-corrected chi connectivity index (χ0v) is 14.3. The van der Waals surface area contributed by atoms with Crippen LogP contribution in [0.15, 0.2) is 29.3 Å². The number of carbonyl (C=O) groups is 1. The highest BCUT2D eigenvalue weighted by Crippen LogP contribution is 2.56. The van der Waals surface area contributed by atoms with Crippen LogP contribution in [0.3, 0.4) is 0 Å². The summed E-state index contributed by atoms with van der Waals surface area (Å²) in [6.45, 7) is 6.34. The molecule has 1 aromatic rings. The molecule has 1 aliphatic heterocycles. The SMILES string of the molecule is CCN1CC2=C3CCC(=O)[C@@]3(C)CC[C@@H]2c2ccc(OC)cc21. The number of allylic oxidation sites excluding steroid dienone is 1. The highest BCUT2D eigenvalue weighted by molar-refractivity contribution is 5.91. The standard InChI is InChI=1S/C20H25NO2/c1-4-21-12-16-14(15-6-5-13(23-3)11-18(15)21)9-10-20(2)17(16)7-8-19(20)22/h5-6,11,14H,4,7-10,12H2,1-3H3/t14-,20+/m1/s1. The van der Waals surface area contributed by atoms with Crippen molar-refractivity contribution in [3.8, 4) is 5.75 Å². The van der Waals surface area contributed by atoms with Crippen molar-refractivity contribution in [1.82, 2.24) is 0 Å². The molecule has 0 N–H and O–H groups in total. The molecule has 122 valence electrons. The summed E-state index contributed by atoms with van der Waals surface area (Å²) in [5.41, 5.74) is 5.55. The molecule has 1 heterocycles. The number of nitrogens with zero attached hydrogens (tertiary/aromatic N) is 1. The van der Waals surface area contributed by atoms with Gasteiger partial charge in [0.05, 0.1) is 7.11 Å². The third kappa shape index (κ3) is 1.98. The Bertz CT molecular complexity index is 706. The summed E-state index contributed by atoms with van der Waals surface area (Å²) in [6, 6.07) is 6.49. The fourth-order valence-electron chi connectivity index (χ4n) is 4.92. The van der Waals surface area contributed by atoms with Crippen LogP contribution in [-0.2, 0) is 4.79 Å². The molecule has 1 aromatic carbocycles. The molecule has 3 aliphatic rings. The molecule has 2 atom stereocenters. The lowest BCUT2D eigenvalue weighted by Gasteiger charge is -2.44. The maximum absolute atomic E-state index is 12.4. The lowest BCUT2D eigenvalue weighted by molar-refractivity contribution is -0.124. The zero-order chi connectivity index (χ0) is 16.2. The zero-order valence-electron chi connectivity index (χ0n) is 14.3. The van der Waals surface area contributed by atoms with E-state index in [0.717, 1.165) is 44.5 Å². The van der Waals surface area contributed by atoms with Gasteiger partial charge in [-0.2, -0.15) is 0 Å². The minimum atomic E-state index is -0.171. The number of ether oxygens (including phenoxy) is 1. The molecule has 3 heteroatoms. The minimum Gasteiger partial charge on any atom is -0.497 e. The van der Waals surface area contributed by atoms with E-state index in [4.69, 9.17) is 4.74 Å². The summed E-state index contributed by atoms with van der Waals surface area (Å²) in [5.74, 6) is 1.88. The second kappa shape index (κ2) is 5.12. The number of carbonyl (C=O) groups excluding carboxylic acids is 1. The van der Waals surface area contributed by atoms with E-state index in [9.17, 15) is 4.79 Å². The lowest BCUT2D eigenvalue weighted by atomic mass is 9.65. The topological polar surface area (TPSA) is 29.5 Å². The fraction of sp³-hybridized carbons (Fsp3) is 0.550. The van der Waals surface area contributed by atoms with E-state index in [0.29, 0.717) is 11.7 Å². The van der Waals surface area contributed by atoms with Gasteiger partial charge >= 0.3 is 0 Å². The molecule has 4 rings (SSSR count). The molecule has 0 radical (unpaired) electrons. The van der Waals surface area contributed by atoms with E-state index in [1.54, 1.807) is 7.11 Å². The Labute approximate surface area is 138 Å². The first kappa shape index (κ1) is 14.8. The highest BCUT2D eigenvalue weighted by atomic mass is 16.5. The number of benzene rings is 1. The van der Waals surface area contributed by atoms with Gasteiger partial charge in [-0.05, 0) is 50.3 Å². The molecule has 0 amide bonds. The Hall–Kier alpha value is -1.77. The van der Waals surface area contributed by atoms with Gasteiger partial charge in [0.1, 0.15) is 11.5 Å². The van der Waals surface area contributed by atoms with Gasteiger partial charge in [0, 0.05) is 42.6 Å². The van der Waals surface area contributed by atoms with Crippen LogP contribution in [0, 0.1) is 5.41 Å². The van der Waals surface area contributed by atoms with Crippen LogP contribution in [-0.4, -0.2) is 26.0 Å². The van der Waals surface area contributed by atoms with E-state index >= 15 is 0 Å². The van der Waals surface area contributed by atoms with Gasteiger partial charge in [0.2, 0.25) is 0 Å². The van der Waals surface area contributed by atoms with E-state index in [1.165, 1.54) is 22.4 Å². The largest absolute Gasteiger partial charge is 0.497 e. The van der Waals surface area contributed by atoms with Crippen LogP contribution in [0.5, 0.6) is 5.75 Å². The molecule has 23 heavy (non-hydrogen) atoms. The smallest absolute Gasteiger partial charge is 0.143 e. The molecule has 0 bridgehead atoms. The van der Waals surface area contributed by atoms with Crippen LogP contribution in [0.2, 0.25) is 0 Å². The number of methoxy groups -OCH3 is 1. The van der Waals surface area contributed by atoms with E-state index < -0.39 is 0 Å². The summed E-state index contributed by atoms with van der Waals surface area (Å²) in [7, 11) is 1.73. The monoisotopic (exact) mass is 311 g/mol. The molecule has 0 saturated heterocycles. The Kier molecular flexibility index (Phi) is 3.29. The van der Waals surface area contributed by atoms with Crippen LogP contribution in [0.25, 0.3) is 0 Å². The van der Waals surface area contributed by atoms with Gasteiger partial charge in [0.15, 0.2) is 0 Å². The normalized spacial score (nSPS) is 29.3. The number of hydrogen-bond donors (Lipinski definition) is 0. The summed E-state index contributed by atoms with van der Waals surface area (Å²) >= 11 is 0. The minimum absolute atomic E-state index is 0.171. The van der Waals surface area contributed by atoms with Crippen LogP contribution >= 0.6 is 0 Å². The number of ketones is 1. The quantitative estimate of drug-likeness (QED) is 0.771.